The highest BCUT2D eigenvalue weighted by molar-refractivity contribution is 5.51. The first-order chi connectivity index (χ1) is 11.3. The van der Waals surface area contributed by atoms with Gasteiger partial charge < -0.3 is 4.42 Å². The fourth-order valence-corrected chi connectivity index (χ4v) is 3.19. The van der Waals surface area contributed by atoms with Gasteiger partial charge in [-0.25, -0.2) is 0 Å². The lowest BCUT2D eigenvalue weighted by molar-refractivity contribution is 0.224. The van der Waals surface area contributed by atoms with Crippen LogP contribution >= 0.6 is 0 Å². The van der Waals surface area contributed by atoms with E-state index in [9.17, 15) is 0 Å². The van der Waals surface area contributed by atoms with Crippen LogP contribution in [0, 0.1) is 0 Å². The van der Waals surface area contributed by atoms with Gasteiger partial charge in [0.05, 0.1) is 12.7 Å². The fraction of sp³-hybridized carbons (Fsp3) is 0.353. The normalized spacial score (nSPS) is 18.6. The van der Waals surface area contributed by atoms with Crippen LogP contribution in [0.3, 0.4) is 0 Å². The van der Waals surface area contributed by atoms with Crippen LogP contribution in [-0.4, -0.2) is 31.4 Å². The van der Waals surface area contributed by atoms with Crippen molar-refractivity contribution >= 4 is 0 Å². The molecule has 0 N–H and O–H groups in total. The number of nitrogens with zero attached hydrogens (tertiary/aromatic N) is 5. The minimum Gasteiger partial charge on any atom is -0.419 e. The highest BCUT2D eigenvalue weighted by atomic mass is 16.4. The standard InChI is InChI=1S/C17H19N5O/c1-21-11-14(10-18-21)15-8-5-9-22(15)12-16-19-20-17(23-16)13-6-3-2-4-7-13/h2-4,6-7,10-11,15H,5,8-9,12H2,1H3/t15-/m0/s1. The second kappa shape index (κ2) is 5.96. The average molecular weight is 309 g/mol. The summed E-state index contributed by atoms with van der Waals surface area (Å²) < 4.78 is 7.69. The van der Waals surface area contributed by atoms with Gasteiger partial charge in [-0.3, -0.25) is 9.58 Å². The molecule has 0 radical (unpaired) electrons. The Bertz CT molecular complexity index is 779. The van der Waals surface area contributed by atoms with Crippen LogP contribution in [0.25, 0.3) is 11.5 Å². The van der Waals surface area contributed by atoms with E-state index < -0.39 is 0 Å². The first-order valence-corrected chi connectivity index (χ1v) is 7.90. The molecule has 0 aliphatic carbocycles. The van der Waals surface area contributed by atoms with Crippen molar-refractivity contribution in [1.29, 1.82) is 0 Å². The fourth-order valence-electron chi connectivity index (χ4n) is 3.19. The first kappa shape index (κ1) is 14.1. The van der Waals surface area contributed by atoms with Crippen molar-refractivity contribution in [1.82, 2.24) is 24.9 Å². The first-order valence-electron chi connectivity index (χ1n) is 7.90. The van der Waals surface area contributed by atoms with Crippen molar-refractivity contribution in [3.05, 3.63) is 54.2 Å². The Morgan fingerprint density at radius 3 is 2.87 bits per heavy atom. The van der Waals surface area contributed by atoms with Gasteiger partial charge in [-0.15, -0.1) is 10.2 Å². The van der Waals surface area contributed by atoms with Crippen molar-refractivity contribution < 1.29 is 4.42 Å². The third-order valence-corrected chi connectivity index (χ3v) is 4.30. The molecule has 1 fully saturated rings. The molecule has 23 heavy (non-hydrogen) atoms. The Balaban J connectivity index is 1.50. The molecule has 0 unspecified atom stereocenters. The molecule has 2 aromatic heterocycles. The van der Waals surface area contributed by atoms with Crippen LogP contribution in [0.15, 0.2) is 47.1 Å². The molecule has 1 saturated heterocycles. The van der Waals surface area contributed by atoms with Gasteiger partial charge in [0.2, 0.25) is 11.8 Å². The number of benzene rings is 1. The lowest BCUT2D eigenvalue weighted by atomic mass is 10.1. The monoisotopic (exact) mass is 309 g/mol. The Hall–Kier alpha value is -2.47. The zero-order valence-corrected chi connectivity index (χ0v) is 13.1. The topological polar surface area (TPSA) is 60.0 Å². The highest BCUT2D eigenvalue weighted by Gasteiger charge is 2.28. The van der Waals surface area contributed by atoms with E-state index in [1.54, 1.807) is 0 Å². The molecule has 0 bridgehead atoms. The van der Waals surface area contributed by atoms with Crippen LogP contribution in [-0.2, 0) is 13.6 Å². The van der Waals surface area contributed by atoms with Crippen molar-refractivity contribution in [2.75, 3.05) is 6.54 Å². The highest BCUT2D eigenvalue weighted by Crippen LogP contribution is 2.32. The Labute approximate surface area is 134 Å². The third-order valence-electron chi connectivity index (χ3n) is 4.30. The summed E-state index contributed by atoms with van der Waals surface area (Å²) in [6, 6.07) is 10.3. The molecule has 1 aromatic carbocycles. The molecular weight excluding hydrogens is 290 g/mol. The number of hydrogen-bond acceptors (Lipinski definition) is 5. The summed E-state index contributed by atoms with van der Waals surface area (Å²) in [5, 5.41) is 12.7. The lowest BCUT2D eigenvalue weighted by Crippen LogP contribution is -2.22. The van der Waals surface area contributed by atoms with Gasteiger partial charge in [0.25, 0.3) is 0 Å². The maximum Gasteiger partial charge on any atom is 0.247 e. The Kier molecular flexibility index (Phi) is 3.67. The number of hydrogen-bond donors (Lipinski definition) is 0. The summed E-state index contributed by atoms with van der Waals surface area (Å²) in [7, 11) is 1.95. The number of aryl methyl sites for hydroxylation is 1. The molecule has 118 valence electrons. The number of aromatic nitrogens is 4. The summed E-state index contributed by atoms with van der Waals surface area (Å²) in [6.45, 7) is 1.72. The van der Waals surface area contributed by atoms with Crippen molar-refractivity contribution in [3.8, 4) is 11.5 Å². The second-order valence-corrected chi connectivity index (χ2v) is 5.94. The molecule has 1 aliphatic heterocycles. The zero-order chi connectivity index (χ0) is 15.6. The number of likely N-dealkylation sites (tertiary alicyclic amines) is 1. The molecule has 1 atom stereocenters. The SMILES string of the molecule is Cn1cc([C@@H]2CCCN2Cc2nnc(-c3ccccc3)o2)cn1. The van der Waals surface area contributed by atoms with Crippen LogP contribution in [0.2, 0.25) is 0 Å². The third kappa shape index (κ3) is 2.90. The lowest BCUT2D eigenvalue weighted by Gasteiger charge is -2.21. The summed E-state index contributed by atoms with van der Waals surface area (Å²) in [5.74, 6) is 1.25. The Morgan fingerprint density at radius 2 is 2.09 bits per heavy atom. The van der Waals surface area contributed by atoms with E-state index in [-0.39, 0.29) is 0 Å². The predicted octanol–water partition coefficient (Wildman–Crippen LogP) is 2.81. The van der Waals surface area contributed by atoms with E-state index in [2.05, 4.69) is 26.4 Å². The van der Waals surface area contributed by atoms with Crippen molar-refractivity contribution in [2.24, 2.45) is 7.05 Å². The second-order valence-electron chi connectivity index (χ2n) is 5.94. The smallest absolute Gasteiger partial charge is 0.247 e. The molecule has 0 amide bonds. The molecule has 6 nitrogen and oxygen atoms in total. The molecule has 3 aromatic rings. The van der Waals surface area contributed by atoms with E-state index in [1.165, 1.54) is 12.0 Å². The molecule has 1 aliphatic rings. The van der Waals surface area contributed by atoms with Gasteiger partial charge >= 0.3 is 0 Å². The van der Waals surface area contributed by atoms with Gasteiger partial charge in [0.15, 0.2) is 0 Å². The van der Waals surface area contributed by atoms with E-state index in [1.807, 2.05) is 48.3 Å². The summed E-state index contributed by atoms with van der Waals surface area (Å²) in [5.41, 5.74) is 2.21. The van der Waals surface area contributed by atoms with E-state index in [4.69, 9.17) is 4.42 Å². The van der Waals surface area contributed by atoms with Gasteiger partial charge in [0, 0.05) is 30.4 Å². The molecule has 0 spiro atoms. The minimum atomic E-state index is 0.385. The van der Waals surface area contributed by atoms with Gasteiger partial charge in [-0.2, -0.15) is 5.10 Å². The maximum absolute atomic E-state index is 5.84. The van der Waals surface area contributed by atoms with E-state index in [0.29, 0.717) is 24.4 Å². The molecule has 4 rings (SSSR count). The minimum absolute atomic E-state index is 0.385. The van der Waals surface area contributed by atoms with E-state index >= 15 is 0 Å². The molecule has 0 saturated carbocycles. The number of rotatable bonds is 4. The van der Waals surface area contributed by atoms with Crippen LogP contribution in [0.4, 0.5) is 0 Å². The summed E-state index contributed by atoms with van der Waals surface area (Å²) >= 11 is 0. The summed E-state index contributed by atoms with van der Waals surface area (Å²) in [4.78, 5) is 2.39. The van der Waals surface area contributed by atoms with Crippen molar-refractivity contribution in [3.63, 3.8) is 0 Å². The van der Waals surface area contributed by atoms with Gasteiger partial charge in [0.1, 0.15) is 0 Å². The summed E-state index contributed by atoms with van der Waals surface area (Å²) in [6.07, 6.45) is 6.36. The average Bonchev–Trinajstić information content (AvgIpc) is 3.29. The predicted molar refractivity (Wildman–Crippen MR) is 85.3 cm³/mol. The van der Waals surface area contributed by atoms with Crippen molar-refractivity contribution in [2.45, 2.75) is 25.4 Å². The van der Waals surface area contributed by atoms with Gasteiger partial charge in [-0.05, 0) is 31.5 Å². The van der Waals surface area contributed by atoms with Gasteiger partial charge in [-0.1, -0.05) is 18.2 Å². The zero-order valence-electron chi connectivity index (χ0n) is 13.1. The Morgan fingerprint density at radius 1 is 1.22 bits per heavy atom. The van der Waals surface area contributed by atoms with Crippen LogP contribution < -0.4 is 0 Å². The molecule has 6 heteroatoms. The quantitative estimate of drug-likeness (QED) is 0.741. The van der Waals surface area contributed by atoms with E-state index in [0.717, 1.165) is 18.5 Å². The van der Waals surface area contributed by atoms with Crippen LogP contribution in [0.1, 0.15) is 30.3 Å². The molecule has 3 heterocycles. The largest absolute Gasteiger partial charge is 0.419 e. The maximum atomic E-state index is 5.84. The molecular formula is C17H19N5O. The van der Waals surface area contributed by atoms with Crippen LogP contribution in [0.5, 0.6) is 0 Å².